The van der Waals surface area contributed by atoms with Crippen LogP contribution in [0.2, 0.25) is 0 Å². The average molecular weight is 308 g/mol. The van der Waals surface area contributed by atoms with Crippen LogP contribution in [0, 0.1) is 23.7 Å². The van der Waals surface area contributed by atoms with E-state index in [1.165, 1.54) is 6.42 Å². The van der Waals surface area contributed by atoms with Crippen LogP contribution in [0.1, 0.15) is 51.9 Å². The predicted octanol–water partition coefficient (Wildman–Crippen LogP) is 3.00. The van der Waals surface area contributed by atoms with Gasteiger partial charge in [-0.05, 0) is 56.3 Å². The second-order valence-corrected chi connectivity index (χ2v) is 7.22. The first kappa shape index (κ1) is 16.0. The Morgan fingerprint density at radius 1 is 1.32 bits per heavy atom. The van der Waals surface area contributed by atoms with Gasteiger partial charge < -0.3 is 14.9 Å². The Balaban J connectivity index is 1.44. The van der Waals surface area contributed by atoms with Gasteiger partial charge in [-0.3, -0.25) is 4.79 Å². The van der Waals surface area contributed by atoms with E-state index in [0.717, 1.165) is 32.1 Å². The van der Waals surface area contributed by atoms with Crippen LogP contribution in [-0.2, 0) is 9.53 Å². The molecule has 0 amide bonds. The first-order chi connectivity index (χ1) is 10.6. The minimum Gasteiger partial charge on any atom is -0.481 e. The zero-order valence-corrected chi connectivity index (χ0v) is 13.4. The third kappa shape index (κ3) is 3.54. The normalized spacial score (nSPS) is 40.6. The number of hydrogen-bond donors (Lipinski definition) is 2. The molecule has 2 aliphatic carbocycles. The predicted molar refractivity (Wildman–Crippen MR) is 83.4 cm³/mol. The van der Waals surface area contributed by atoms with Crippen LogP contribution >= 0.6 is 0 Å². The lowest BCUT2D eigenvalue weighted by Gasteiger charge is -2.20. The van der Waals surface area contributed by atoms with Crippen molar-refractivity contribution in [2.75, 3.05) is 0 Å². The van der Waals surface area contributed by atoms with Crippen LogP contribution in [0.5, 0.6) is 0 Å². The molecule has 3 aliphatic rings. The summed E-state index contributed by atoms with van der Waals surface area (Å²) in [6, 6.07) is 0. The molecule has 0 bridgehead atoms. The number of allylic oxidation sites excluding steroid dienone is 1. The van der Waals surface area contributed by atoms with Gasteiger partial charge in [0.25, 0.3) is 0 Å². The summed E-state index contributed by atoms with van der Waals surface area (Å²) in [6.07, 6.45) is 11.4. The number of epoxide rings is 1. The molecule has 4 nitrogen and oxygen atoms in total. The van der Waals surface area contributed by atoms with Crippen LogP contribution in [0.25, 0.3) is 0 Å². The highest BCUT2D eigenvalue weighted by Gasteiger charge is 2.60. The van der Waals surface area contributed by atoms with Crippen molar-refractivity contribution in [2.24, 2.45) is 23.7 Å². The third-order valence-electron chi connectivity index (χ3n) is 5.72. The second-order valence-electron chi connectivity index (χ2n) is 7.22. The molecular formula is C18H28O4. The smallest absolute Gasteiger partial charge is 0.303 e. The molecule has 0 aromatic heterocycles. The summed E-state index contributed by atoms with van der Waals surface area (Å²) in [5.41, 5.74) is 0. The van der Waals surface area contributed by atoms with Crippen molar-refractivity contribution in [2.45, 2.75) is 70.2 Å². The number of carbonyl (C=O) groups is 1. The molecule has 124 valence electrons. The summed E-state index contributed by atoms with van der Waals surface area (Å²) in [5, 5.41) is 18.6. The van der Waals surface area contributed by atoms with Gasteiger partial charge in [0.05, 0.1) is 18.3 Å². The summed E-state index contributed by atoms with van der Waals surface area (Å²) >= 11 is 0. The SMILES string of the molecule is CC[C@@H](O)[C@@H]1C[C@H]1[C@@H]1C[C@@H]2O[C@@H]2[C@H]1/C=C\CCCCC(=O)O. The monoisotopic (exact) mass is 308 g/mol. The molecule has 2 saturated carbocycles. The highest BCUT2D eigenvalue weighted by molar-refractivity contribution is 5.66. The summed E-state index contributed by atoms with van der Waals surface area (Å²) in [7, 11) is 0. The molecule has 0 aromatic rings. The van der Waals surface area contributed by atoms with Crippen molar-refractivity contribution in [3.8, 4) is 0 Å². The zero-order chi connectivity index (χ0) is 15.7. The molecule has 0 aromatic carbocycles. The quantitative estimate of drug-likeness (QED) is 0.390. The number of aliphatic hydroxyl groups is 1. The van der Waals surface area contributed by atoms with Gasteiger partial charge in [0.15, 0.2) is 0 Å². The Morgan fingerprint density at radius 2 is 2.14 bits per heavy atom. The van der Waals surface area contributed by atoms with Gasteiger partial charge >= 0.3 is 5.97 Å². The Morgan fingerprint density at radius 3 is 2.86 bits per heavy atom. The molecule has 1 aliphatic heterocycles. The fraction of sp³-hybridized carbons (Fsp3) is 0.833. The maximum absolute atomic E-state index is 10.5. The molecule has 0 radical (unpaired) electrons. The fourth-order valence-electron chi connectivity index (χ4n) is 4.33. The van der Waals surface area contributed by atoms with Crippen molar-refractivity contribution in [1.82, 2.24) is 0 Å². The van der Waals surface area contributed by atoms with Crippen LogP contribution in [0.3, 0.4) is 0 Å². The third-order valence-corrected chi connectivity index (χ3v) is 5.72. The van der Waals surface area contributed by atoms with E-state index in [2.05, 4.69) is 19.1 Å². The van der Waals surface area contributed by atoms with Crippen molar-refractivity contribution in [3.63, 3.8) is 0 Å². The Kier molecular flexibility index (Phi) is 4.88. The van der Waals surface area contributed by atoms with Crippen LogP contribution in [0.15, 0.2) is 12.2 Å². The molecule has 7 atom stereocenters. The number of aliphatic carboxylic acids is 1. The first-order valence-electron chi connectivity index (χ1n) is 8.83. The van der Waals surface area contributed by atoms with E-state index in [0.29, 0.717) is 35.9 Å². The first-order valence-corrected chi connectivity index (χ1v) is 8.83. The lowest BCUT2D eigenvalue weighted by Crippen LogP contribution is -2.19. The number of unbranched alkanes of at least 4 members (excludes halogenated alkanes) is 2. The summed E-state index contributed by atoms with van der Waals surface area (Å²) in [5.74, 6) is 1.70. The highest BCUT2D eigenvalue weighted by Crippen LogP contribution is 2.59. The minimum atomic E-state index is -0.705. The van der Waals surface area contributed by atoms with Gasteiger partial charge in [-0.25, -0.2) is 0 Å². The molecule has 3 fully saturated rings. The van der Waals surface area contributed by atoms with E-state index in [-0.39, 0.29) is 12.5 Å². The molecule has 3 rings (SSSR count). The van der Waals surface area contributed by atoms with Crippen molar-refractivity contribution >= 4 is 5.97 Å². The standard InChI is InChI=1S/C18H28O4/c1-2-15(19)14-9-12(14)13-10-16-18(22-16)11(13)7-5-3-4-6-8-17(20)21/h5,7,11-16,18-19H,2-4,6,8-10H2,1H3,(H,20,21)/b7-5-/t11-,12-,13+,14+,15+,16-,18+/m0/s1. The van der Waals surface area contributed by atoms with Gasteiger partial charge in [-0.1, -0.05) is 19.1 Å². The number of rotatable bonds is 9. The molecule has 2 N–H and O–H groups in total. The topological polar surface area (TPSA) is 70.1 Å². The molecule has 0 unspecified atom stereocenters. The van der Waals surface area contributed by atoms with Gasteiger partial charge in [0.2, 0.25) is 0 Å². The van der Waals surface area contributed by atoms with Gasteiger partial charge in [-0.2, -0.15) is 0 Å². The zero-order valence-electron chi connectivity index (χ0n) is 13.4. The molecule has 22 heavy (non-hydrogen) atoms. The van der Waals surface area contributed by atoms with E-state index >= 15 is 0 Å². The summed E-state index contributed by atoms with van der Waals surface area (Å²) < 4.78 is 5.71. The number of fused-ring (bicyclic) bond motifs is 1. The number of aliphatic hydroxyl groups excluding tert-OH is 1. The molecule has 1 heterocycles. The number of hydrogen-bond acceptors (Lipinski definition) is 3. The van der Waals surface area contributed by atoms with Crippen LogP contribution in [-0.4, -0.2) is 34.5 Å². The maximum Gasteiger partial charge on any atom is 0.303 e. The summed E-state index contributed by atoms with van der Waals surface area (Å²) in [4.78, 5) is 10.5. The van der Waals surface area contributed by atoms with Gasteiger partial charge in [0, 0.05) is 12.3 Å². The Labute approximate surface area is 132 Å². The van der Waals surface area contributed by atoms with Crippen molar-refractivity contribution in [3.05, 3.63) is 12.2 Å². The van der Waals surface area contributed by atoms with Gasteiger partial charge in [0.1, 0.15) is 0 Å². The van der Waals surface area contributed by atoms with E-state index in [1.807, 2.05) is 0 Å². The van der Waals surface area contributed by atoms with E-state index < -0.39 is 5.97 Å². The maximum atomic E-state index is 10.5. The number of ether oxygens (including phenoxy) is 1. The van der Waals surface area contributed by atoms with Crippen LogP contribution < -0.4 is 0 Å². The van der Waals surface area contributed by atoms with Crippen molar-refractivity contribution < 1.29 is 19.7 Å². The Hall–Kier alpha value is -0.870. The second kappa shape index (κ2) is 6.71. The largest absolute Gasteiger partial charge is 0.481 e. The van der Waals surface area contributed by atoms with E-state index in [9.17, 15) is 9.90 Å². The highest BCUT2D eigenvalue weighted by atomic mass is 16.6. The average Bonchev–Trinajstić information content (AvgIpc) is 3.39. The van der Waals surface area contributed by atoms with E-state index in [4.69, 9.17) is 9.84 Å². The lowest BCUT2D eigenvalue weighted by atomic mass is 9.88. The lowest BCUT2D eigenvalue weighted by molar-refractivity contribution is -0.137. The molecule has 0 spiro atoms. The number of carboxylic acids is 1. The van der Waals surface area contributed by atoms with Crippen molar-refractivity contribution in [1.29, 1.82) is 0 Å². The molecular weight excluding hydrogens is 280 g/mol. The summed E-state index contributed by atoms with van der Waals surface area (Å²) in [6.45, 7) is 2.06. The minimum absolute atomic E-state index is 0.122. The van der Waals surface area contributed by atoms with Crippen LogP contribution in [0.4, 0.5) is 0 Å². The number of carboxylic acid groups (broad SMARTS) is 1. The Bertz CT molecular complexity index is 433. The molecule has 4 heteroatoms. The molecule has 1 saturated heterocycles. The fourth-order valence-corrected chi connectivity index (χ4v) is 4.33. The van der Waals surface area contributed by atoms with Gasteiger partial charge in [-0.15, -0.1) is 0 Å². The van der Waals surface area contributed by atoms with E-state index in [1.54, 1.807) is 0 Å².